The first-order valence-electron chi connectivity index (χ1n) is 14.0. The molecule has 0 amide bonds. The topological polar surface area (TPSA) is 39.4 Å². The second-order valence-electron chi connectivity index (χ2n) is 10.9. The smallest absolute Gasteiger partial charge is 0.154 e. The molecule has 0 aliphatic rings. The van der Waals surface area contributed by atoms with Crippen LogP contribution in [0.15, 0.2) is 135 Å². The zero-order valence-corrected chi connectivity index (χ0v) is 23.0. The number of para-hydroxylation sites is 2. The van der Waals surface area contributed by atoms with Crippen LogP contribution in [0.2, 0.25) is 0 Å². The molecule has 0 aliphatic heterocycles. The van der Waals surface area contributed by atoms with Crippen LogP contribution in [0.3, 0.4) is 0 Å². The minimum absolute atomic E-state index is 0.899. The van der Waals surface area contributed by atoms with Crippen molar-refractivity contribution < 1.29 is 13.3 Å². The predicted molar refractivity (Wildman–Crippen MR) is 175 cm³/mol. The van der Waals surface area contributed by atoms with Gasteiger partial charge in [0.05, 0.1) is 4.70 Å². The zero-order chi connectivity index (χ0) is 27.4. The van der Waals surface area contributed by atoms with Crippen LogP contribution in [-0.4, -0.2) is 0 Å². The van der Waals surface area contributed by atoms with Crippen molar-refractivity contribution in [1.29, 1.82) is 0 Å². The fraction of sp³-hybridized carbons (Fsp3) is 0. The van der Waals surface area contributed by atoms with E-state index < -0.39 is 0 Å². The standard InChI is InChI=1S/C38H20O3S/c1-3-7-31-25(5-1)27-13-9-21(17-33(27)39-31)22-11-15-29-35(19-22)41-37-30-16-12-24(20-36(30)42-38(29)37)23-10-14-28-26-6-2-4-8-32(26)40-34(28)18-23/h1-20H. The van der Waals surface area contributed by atoms with Gasteiger partial charge in [-0.1, -0.05) is 60.7 Å². The average molecular weight is 557 g/mol. The summed E-state index contributed by atoms with van der Waals surface area (Å²) in [4.78, 5) is 0. The third-order valence-electron chi connectivity index (χ3n) is 8.51. The first-order chi connectivity index (χ1) is 20.8. The minimum atomic E-state index is 0.899. The summed E-state index contributed by atoms with van der Waals surface area (Å²) in [7, 11) is 0. The molecule has 0 radical (unpaired) electrons. The molecule has 4 aromatic heterocycles. The summed E-state index contributed by atoms with van der Waals surface area (Å²) in [6, 6.07) is 42.5. The molecule has 0 N–H and O–H groups in total. The molecule has 0 saturated carbocycles. The number of furan rings is 3. The van der Waals surface area contributed by atoms with Gasteiger partial charge in [0.25, 0.3) is 0 Å². The molecular formula is C38H20O3S. The fourth-order valence-corrected chi connectivity index (χ4v) is 7.63. The quantitative estimate of drug-likeness (QED) is 0.213. The second kappa shape index (κ2) is 8.12. The van der Waals surface area contributed by atoms with Gasteiger partial charge >= 0.3 is 0 Å². The predicted octanol–water partition coefficient (Wildman–Crippen LogP) is 11.9. The van der Waals surface area contributed by atoms with Crippen molar-refractivity contribution in [3.05, 3.63) is 121 Å². The highest BCUT2D eigenvalue weighted by Crippen LogP contribution is 2.43. The van der Waals surface area contributed by atoms with E-state index in [-0.39, 0.29) is 0 Å². The molecule has 0 unspecified atom stereocenters. The summed E-state index contributed by atoms with van der Waals surface area (Å²) in [5.74, 6) is 0. The Balaban J connectivity index is 1.06. The van der Waals surface area contributed by atoms with E-state index in [0.29, 0.717) is 0 Å². The van der Waals surface area contributed by atoms with Gasteiger partial charge in [-0.3, -0.25) is 0 Å². The van der Waals surface area contributed by atoms with Gasteiger partial charge in [0.2, 0.25) is 0 Å². The van der Waals surface area contributed by atoms with Gasteiger partial charge in [-0.15, -0.1) is 11.3 Å². The third kappa shape index (κ3) is 3.10. The van der Waals surface area contributed by atoms with E-state index in [9.17, 15) is 0 Å². The fourth-order valence-electron chi connectivity index (χ4n) is 6.43. The first-order valence-corrected chi connectivity index (χ1v) is 14.8. The maximum absolute atomic E-state index is 6.51. The molecule has 196 valence electrons. The van der Waals surface area contributed by atoms with Crippen LogP contribution in [-0.2, 0) is 0 Å². The second-order valence-corrected chi connectivity index (χ2v) is 12.0. The van der Waals surface area contributed by atoms with Gasteiger partial charge in [-0.2, -0.15) is 0 Å². The first kappa shape index (κ1) is 22.4. The number of benzene rings is 6. The molecule has 0 fully saturated rings. The van der Waals surface area contributed by atoms with Crippen molar-refractivity contribution in [3.63, 3.8) is 0 Å². The monoisotopic (exact) mass is 556 g/mol. The van der Waals surface area contributed by atoms with Gasteiger partial charge in [0.15, 0.2) is 5.58 Å². The van der Waals surface area contributed by atoms with Crippen molar-refractivity contribution in [2.75, 3.05) is 0 Å². The highest BCUT2D eigenvalue weighted by molar-refractivity contribution is 7.26. The highest BCUT2D eigenvalue weighted by Gasteiger charge is 2.16. The van der Waals surface area contributed by atoms with Crippen LogP contribution in [0.5, 0.6) is 0 Å². The third-order valence-corrected chi connectivity index (χ3v) is 9.67. The summed E-state index contributed by atoms with van der Waals surface area (Å²) < 4.78 is 21.2. The van der Waals surface area contributed by atoms with E-state index in [1.807, 2.05) is 30.3 Å². The van der Waals surface area contributed by atoms with Crippen molar-refractivity contribution >= 4 is 86.6 Å². The SMILES string of the molecule is c1ccc2c(c1)oc1cc(-c3ccc4c(c3)oc3c5ccc(-c6ccc7c(c6)oc6ccccc67)cc5sc43)ccc12. The van der Waals surface area contributed by atoms with E-state index in [2.05, 4.69) is 91.0 Å². The molecule has 0 saturated heterocycles. The molecule has 42 heavy (non-hydrogen) atoms. The largest absolute Gasteiger partial charge is 0.456 e. The molecule has 0 bridgehead atoms. The van der Waals surface area contributed by atoms with Gasteiger partial charge < -0.3 is 13.3 Å². The zero-order valence-electron chi connectivity index (χ0n) is 22.2. The Morgan fingerprint density at radius 3 is 1.40 bits per heavy atom. The van der Waals surface area contributed by atoms with E-state index in [1.54, 1.807) is 11.3 Å². The maximum Gasteiger partial charge on any atom is 0.154 e. The Morgan fingerprint density at radius 2 is 0.810 bits per heavy atom. The number of thiophene rings is 1. The normalized spacial score (nSPS) is 12.3. The molecule has 4 heteroatoms. The summed E-state index contributed by atoms with van der Waals surface area (Å²) in [5, 5.41) is 6.86. The van der Waals surface area contributed by atoms with Crippen LogP contribution in [0.25, 0.3) is 97.5 Å². The molecule has 4 heterocycles. The Kier molecular flexibility index (Phi) is 4.33. The number of fused-ring (bicyclic) bond motifs is 11. The lowest BCUT2D eigenvalue weighted by atomic mass is 10.0. The Hall–Kier alpha value is -5.32. The molecule has 0 spiro atoms. The van der Waals surface area contributed by atoms with E-state index in [1.165, 1.54) is 15.0 Å². The lowest BCUT2D eigenvalue weighted by molar-refractivity contribution is 0.668. The van der Waals surface area contributed by atoms with E-state index in [4.69, 9.17) is 13.3 Å². The minimum Gasteiger partial charge on any atom is -0.456 e. The molecule has 3 nitrogen and oxygen atoms in total. The van der Waals surface area contributed by atoms with Crippen LogP contribution >= 0.6 is 11.3 Å². The van der Waals surface area contributed by atoms with Crippen LogP contribution in [0.4, 0.5) is 0 Å². The molecule has 0 atom stereocenters. The van der Waals surface area contributed by atoms with Crippen molar-refractivity contribution in [3.8, 4) is 22.3 Å². The summed E-state index contributed by atoms with van der Waals surface area (Å²) in [5.41, 5.74) is 10.0. The number of hydrogen-bond acceptors (Lipinski definition) is 4. The molecule has 0 aliphatic carbocycles. The number of hydrogen-bond donors (Lipinski definition) is 0. The maximum atomic E-state index is 6.51. The number of rotatable bonds is 2. The lowest BCUT2D eigenvalue weighted by Gasteiger charge is -2.03. The average Bonchev–Trinajstić information content (AvgIpc) is 3.78. The van der Waals surface area contributed by atoms with Gasteiger partial charge in [0.1, 0.15) is 27.9 Å². The Labute approximate surface area is 242 Å². The summed E-state index contributed by atoms with van der Waals surface area (Å²) in [6.45, 7) is 0. The summed E-state index contributed by atoms with van der Waals surface area (Å²) in [6.07, 6.45) is 0. The van der Waals surface area contributed by atoms with Gasteiger partial charge in [-0.05, 0) is 82.9 Å². The van der Waals surface area contributed by atoms with Crippen LogP contribution in [0.1, 0.15) is 0 Å². The molecule has 10 rings (SSSR count). The van der Waals surface area contributed by atoms with Crippen molar-refractivity contribution in [2.24, 2.45) is 0 Å². The van der Waals surface area contributed by atoms with Crippen molar-refractivity contribution in [1.82, 2.24) is 0 Å². The summed E-state index contributed by atoms with van der Waals surface area (Å²) >= 11 is 1.79. The lowest BCUT2D eigenvalue weighted by Crippen LogP contribution is -1.78. The molecule has 10 aromatic rings. The Bertz CT molecular complexity index is 2510. The highest BCUT2D eigenvalue weighted by atomic mass is 32.1. The van der Waals surface area contributed by atoms with Crippen molar-refractivity contribution in [2.45, 2.75) is 0 Å². The van der Waals surface area contributed by atoms with E-state index >= 15 is 0 Å². The molecule has 6 aromatic carbocycles. The van der Waals surface area contributed by atoms with Gasteiger partial charge in [0, 0.05) is 37.0 Å². The van der Waals surface area contributed by atoms with Gasteiger partial charge in [-0.25, -0.2) is 0 Å². The molecular weight excluding hydrogens is 536 g/mol. The Morgan fingerprint density at radius 1 is 0.357 bits per heavy atom. The van der Waals surface area contributed by atoms with Crippen LogP contribution < -0.4 is 0 Å². The van der Waals surface area contributed by atoms with Crippen LogP contribution in [0, 0.1) is 0 Å². The van der Waals surface area contributed by atoms with E-state index in [0.717, 1.165) is 82.5 Å².